The zero-order chi connectivity index (χ0) is 26.0. The van der Waals surface area contributed by atoms with Gasteiger partial charge in [0.25, 0.3) is 5.56 Å². The summed E-state index contributed by atoms with van der Waals surface area (Å²) in [6.07, 6.45) is 1.83. The Morgan fingerprint density at radius 3 is 2.53 bits per heavy atom. The van der Waals surface area contributed by atoms with Crippen molar-refractivity contribution in [3.8, 4) is 28.7 Å². The number of aromatic nitrogens is 5. The minimum absolute atomic E-state index is 0.0575. The van der Waals surface area contributed by atoms with Gasteiger partial charge in [0.1, 0.15) is 18.3 Å². The van der Waals surface area contributed by atoms with Crippen LogP contribution in [0.25, 0.3) is 16.9 Å². The van der Waals surface area contributed by atoms with Crippen LogP contribution in [-0.4, -0.2) is 31.6 Å². The molecule has 0 aliphatic heterocycles. The second kappa shape index (κ2) is 10.5. The second-order valence-corrected chi connectivity index (χ2v) is 9.17. The maximum Gasteiger partial charge on any atom is 0.280 e. The molecule has 4 rings (SSSR count). The Morgan fingerprint density at radius 2 is 1.81 bits per heavy atom. The summed E-state index contributed by atoms with van der Waals surface area (Å²) in [6.45, 7) is 9.85. The number of hydrogen-bond donors (Lipinski definition) is 0. The summed E-state index contributed by atoms with van der Waals surface area (Å²) in [6, 6.07) is 11.2. The molecule has 0 aliphatic carbocycles. The maximum absolute atomic E-state index is 13.4. The highest BCUT2D eigenvalue weighted by Gasteiger charge is 2.18. The van der Waals surface area contributed by atoms with E-state index in [0.717, 1.165) is 28.2 Å². The molecule has 0 bridgehead atoms. The van der Waals surface area contributed by atoms with Crippen LogP contribution in [0.1, 0.15) is 48.2 Å². The molecule has 9 heteroatoms. The van der Waals surface area contributed by atoms with Gasteiger partial charge in [0.05, 0.1) is 24.2 Å². The summed E-state index contributed by atoms with van der Waals surface area (Å²) in [4.78, 5) is 31.4. The number of pyridine rings is 1. The van der Waals surface area contributed by atoms with Crippen molar-refractivity contribution in [1.82, 2.24) is 24.5 Å². The zero-order valence-electron chi connectivity index (χ0n) is 21.2. The molecule has 0 saturated heterocycles. The largest absolute Gasteiger partial charge is 0.481 e. The summed E-state index contributed by atoms with van der Waals surface area (Å²) in [5, 5.41) is -0.103. The number of hydrogen-bond acceptors (Lipinski definition) is 7. The average Bonchev–Trinajstić information content (AvgIpc) is 2.87. The van der Waals surface area contributed by atoms with Gasteiger partial charge < -0.3 is 9.47 Å². The fourth-order valence-electron chi connectivity index (χ4n) is 3.78. The van der Waals surface area contributed by atoms with Gasteiger partial charge in [-0.2, -0.15) is 4.98 Å². The molecule has 36 heavy (non-hydrogen) atoms. The predicted molar refractivity (Wildman–Crippen MR) is 139 cm³/mol. The highest BCUT2D eigenvalue weighted by Crippen LogP contribution is 2.28. The number of methoxy groups -OCH3 is 1. The number of aryl methyl sites for hydroxylation is 3. The quantitative estimate of drug-likeness (QED) is 0.333. The van der Waals surface area contributed by atoms with Crippen LogP contribution in [0.4, 0.5) is 0 Å². The molecule has 0 N–H and O–H groups in total. The van der Waals surface area contributed by atoms with Crippen LogP contribution >= 0.6 is 11.6 Å². The summed E-state index contributed by atoms with van der Waals surface area (Å²) in [7, 11) is 1.54. The first-order valence-corrected chi connectivity index (χ1v) is 11.9. The van der Waals surface area contributed by atoms with Gasteiger partial charge in [-0.3, -0.25) is 9.36 Å². The minimum atomic E-state index is -0.416. The Kier molecular flexibility index (Phi) is 7.35. The van der Waals surface area contributed by atoms with Crippen molar-refractivity contribution in [3.63, 3.8) is 0 Å². The average molecular weight is 506 g/mol. The molecule has 3 aromatic heterocycles. The van der Waals surface area contributed by atoms with Crippen molar-refractivity contribution in [3.05, 3.63) is 86.4 Å². The smallest absolute Gasteiger partial charge is 0.280 e. The molecule has 0 aliphatic rings. The van der Waals surface area contributed by atoms with Crippen LogP contribution in [0, 0.1) is 20.8 Å². The lowest BCUT2D eigenvalue weighted by Crippen LogP contribution is -2.24. The first-order chi connectivity index (χ1) is 17.2. The lowest BCUT2D eigenvalue weighted by atomic mass is 10.0. The van der Waals surface area contributed by atoms with E-state index in [1.165, 1.54) is 4.57 Å². The molecule has 0 spiro atoms. The summed E-state index contributed by atoms with van der Waals surface area (Å²) in [5.41, 5.74) is 4.43. The molecule has 0 radical (unpaired) electrons. The maximum atomic E-state index is 13.4. The Morgan fingerprint density at radius 1 is 1.03 bits per heavy atom. The van der Waals surface area contributed by atoms with E-state index in [2.05, 4.69) is 28.8 Å². The van der Waals surface area contributed by atoms with E-state index in [-0.39, 0.29) is 23.4 Å². The van der Waals surface area contributed by atoms with Gasteiger partial charge in [-0.1, -0.05) is 43.6 Å². The fraction of sp³-hybridized carbons (Fsp3) is 0.296. The monoisotopic (exact) mass is 505 g/mol. The van der Waals surface area contributed by atoms with Gasteiger partial charge in [-0.05, 0) is 44.0 Å². The first kappa shape index (κ1) is 25.3. The van der Waals surface area contributed by atoms with Crippen molar-refractivity contribution < 1.29 is 9.47 Å². The Hall–Kier alpha value is -3.78. The molecule has 186 valence electrons. The van der Waals surface area contributed by atoms with E-state index in [1.807, 2.05) is 44.3 Å². The third kappa shape index (κ3) is 5.09. The predicted octanol–water partition coefficient (Wildman–Crippen LogP) is 5.37. The van der Waals surface area contributed by atoms with Crippen molar-refractivity contribution in [2.45, 2.75) is 47.1 Å². The third-order valence-electron chi connectivity index (χ3n) is 5.74. The Labute approximate surface area is 215 Å². The molecule has 0 amide bonds. The molecule has 0 atom stereocenters. The van der Waals surface area contributed by atoms with Gasteiger partial charge in [-0.15, -0.1) is 0 Å². The van der Waals surface area contributed by atoms with Crippen LogP contribution in [0.3, 0.4) is 0 Å². The van der Waals surface area contributed by atoms with Gasteiger partial charge in [0.15, 0.2) is 5.02 Å². The van der Waals surface area contributed by atoms with E-state index in [9.17, 15) is 4.79 Å². The summed E-state index contributed by atoms with van der Waals surface area (Å²) >= 11 is 6.45. The Balaban J connectivity index is 1.73. The third-order valence-corrected chi connectivity index (χ3v) is 6.07. The van der Waals surface area contributed by atoms with Gasteiger partial charge in [0.2, 0.25) is 11.8 Å². The molecular formula is C27H28ClN5O3. The van der Waals surface area contributed by atoms with Crippen molar-refractivity contribution >= 4 is 11.6 Å². The van der Waals surface area contributed by atoms with Gasteiger partial charge >= 0.3 is 0 Å². The molecule has 8 nitrogen and oxygen atoms in total. The van der Waals surface area contributed by atoms with E-state index in [1.54, 1.807) is 26.2 Å². The molecule has 0 saturated carbocycles. The molecule has 0 unspecified atom stereocenters. The van der Waals surface area contributed by atoms with Gasteiger partial charge in [-0.25, -0.2) is 15.0 Å². The molecule has 3 heterocycles. The lowest BCUT2D eigenvalue weighted by molar-refractivity contribution is 0.284. The summed E-state index contributed by atoms with van der Waals surface area (Å²) in [5.74, 6) is 1.93. The Bertz CT molecular complexity index is 1480. The van der Waals surface area contributed by atoms with Crippen molar-refractivity contribution in [2.24, 2.45) is 0 Å². The van der Waals surface area contributed by atoms with E-state index >= 15 is 0 Å². The molecular weight excluding hydrogens is 478 g/mol. The lowest BCUT2D eigenvalue weighted by Gasteiger charge is -2.17. The zero-order valence-corrected chi connectivity index (χ0v) is 21.9. The van der Waals surface area contributed by atoms with Crippen LogP contribution < -0.4 is 15.0 Å². The SMILES string of the molecule is COc1cccc(COc2nc(C)n(-c3cc(-c4nc(C(C)C)ncc4C)ccc3C)c(=O)c2Cl)n1. The first-order valence-electron chi connectivity index (χ1n) is 11.6. The number of rotatable bonds is 7. The van der Waals surface area contributed by atoms with E-state index in [4.69, 9.17) is 26.1 Å². The fourth-order valence-corrected chi connectivity index (χ4v) is 3.96. The van der Waals surface area contributed by atoms with Crippen molar-refractivity contribution in [2.75, 3.05) is 7.11 Å². The van der Waals surface area contributed by atoms with Crippen LogP contribution in [0.2, 0.25) is 5.02 Å². The molecule has 4 aromatic rings. The van der Waals surface area contributed by atoms with E-state index < -0.39 is 5.56 Å². The van der Waals surface area contributed by atoms with Crippen LogP contribution in [0.15, 0.2) is 47.4 Å². The number of nitrogens with zero attached hydrogens (tertiary/aromatic N) is 5. The number of halogens is 1. The van der Waals surface area contributed by atoms with Crippen LogP contribution in [0.5, 0.6) is 11.8 Å². The minimum Gasteiger partial charge on any atom is -0.481 e. The second-order valence-electron chi connectivity index (χ2n) is 8.79. The highest BCUT2D eigenvalue weighted by molar-refractivity contribution is 6.31. The summed E-state index contributed by atoms with van der Waals surface area (Å²) < 4.78 is 12.4. The normalized spacial score (nSPS) is 11.1. The van der Waals surface area contributed by atoms with Crippen LogP contribution in [-0.2, 0) is 6.61 Å². The highest BCUT2D eigenvalue weighted by atomic mass is 35.5. The molecule has 1 aromatic carbocycles. The van der Waals surface area contributed by atoms with Crippen molar-refractivity contribution in [1.29, 1.82) is 0 Å². The number of benzene rings is 1. The number of ether oxygens (including phenoxy) is 2. The standard InChI is InChI=1S/C27H28ClN5O3/c1-15(2)25-29-13-17(4)24(32-25)19-11-10-16(3)21(12-19)33-18(5)30-26(23(28)27(33)34)36-14-20-8-7-9-22(31-20)35-6/h7-13,15H,14H2,1-6H3. The van der Waals surface area contributed by atoms with Gasteiger partial charge in [0, 0.05) is 23.7 Å². The molecule has 0 fully saturated rings. The topological polar surface area (TPSA) is 92.0 Å². The van der Waals surface area contributed by atoms with E-state index in [0.29, 0.717) is 23.1 Å².